The highest BCUT2D eigenvalue weighted by Crippen LogP contribution is 2.27. The first-order valence-electron chi connectivity index (χ1n) is 5.05. The highest BCUT2D eigenvalue weighted by molar-refractivity contribution is 14.1. The van der Waals surface area contributed by atoms with Crippen LogP contribution in [0.15, 0.2) is 6.20 Å². The topological polar surface area (TPSA) is 39.2 Å². The van der Waals surface area contributed by atoms with Gasteiger partial charge in [-0.15, -0.1) is 0 Å². The summed E-state index contributed by atoms with van der Waals surface area (Å²) < 4.78 is 30.4. The predicted octanol–water partition coefficient (Wildman–Crippen LogP) is 3.04. The minimum absolute atomic E-state index is 0.000185. The summed E-state index contributed by atoms with van der Waals surface area (Å²) in [4.78, 5) is 15.0. The van der Waals surface area contributed by atoms with Gasteiger partial charge in [0.15, 0.2) is 0 Å². The Morgan fingerprint density at radius 2 is 2.24 bits per heavy atom. The minimum Gasteiger partial charge on any atom is -0.466 e. The van der Waals surface area contributed by atoms with Gasteiger partial charge in [0.25, 0.3) is 6.43 Å². The second-order valence-corrected chi connectivity index (χ2v) is 4.48. The molecule has 3 nitrogen and oxygen atoms in total. The van der Waals surface area contributed by atoms with Crippen LogP contribution in [-0.4, -0.2) is 17.6 Å². The highest BCUT2D eigenvalue weighted by Gasteiger charge is 2.19. The summed E-state index contributed by atoms with van der Waals surface area (Å²) in [5.41, 5.74) is 0.997. The highest BCUT2D eigenvalue weighted by atomic mass is 127. The molecule has 6 heteroatoms. The van der Waals surface area contributed by atoms with E-state index in [1.54, 1.807) is 36.4 Å². The van der Waals surface area contributed by atoms with E-state index in [4.69, 9.17) is 4.74 Å². The number of ether oxygens (including phenoxy) is 1. The zero-order valence-electron chi connectivity index (χ0n) is 9.47. The number of esters is 1. The average molecular weight is 355 g/mol. The third-order valence-corrected chi connectivity index (χ3v) is 3.40. The Morgan fingerprint density at radius 1 is 1.59 bits per heavy atom. The van der Waals surface area contributed by atoms with Crippen molar-refractivity contribution in [2.24, 2.45) is 0 Å². The molecule has 0 aromatic carbocycles. The number of nitrogens with zero attached hydrogens (tertiary/aromatic N) is 1. The van der Waals surface area contributed by atoms with Crippen LogP contribution in [0, 0.1) is 10.5 Å². The van der Waals surface area contributed by atoms with E-state index in [0.29, 0.717) is 14.7 Å². The summed E-state index contributed by atoms with van der Waals surface area (Å²) in [6.45, 7) is 3.72. The fraction of sp³-hybridized carbons (Fsp3) is 0.455. The van der Waals surface area contributed by atoms with Crippen molar-refractivity contribution in [2.45, 2.75) is 26.7 Å². The van der Waals surface area contributed by atoms with Gasteiger partial charge in [-0.3, -0.25) is 9.78 Å². The first-order chi connectivity index (χ1) is 7.97. The summed E-state index contributed by atoms with van der Waals surface area (Å²) in [6, 6.07) is 0. The summed E-state index contributed by atoms with van der Waals surface area (Å²) in [5.74, 6) is -0.417. The maximum Gasteiger partial charge on any atom is 0.310 e. The van der Waals surface area contributed by atoms with Gasteiger partial charge in [0, 0.05) is 9.77 Å². The molecule has 0 saturated heterocycles. The number of carbonyl (C=O) groups excluding carboxylic acids is 1. The monoisotopic (exact) mass is 355 g/mol. The Morgan fingerprint density at radius 3 is 2.76 bits per heavy atom. The second-order valence-electron chi connectivity index (χ2n) is 3.40. The Kier molecular flexibility index (Phi) is 5.23. The summed E-state index contributed by atoms with van der Waals surface area (Å²) in [6.07, 6.45) is -1.28. The van der Waals surface area contributed by atoms with E-state index in [1.807, 2.05) is 0 Å². The van der Waals surface area contributed by atoms with E-state index >= 15 is 0 Å². The second kappa shape index (κ2) is 6.23. The first kappa shape index (κ1) is 14.3. The molecule has 0 aliphatic rings. The van der Waals surface area contributed by atoms with Gasteiger partial charge in [-0.2, -0.15) is 0 Å². The molecule has 0 bridgehead atoms. The predicted molar refractivity (Wildman–Crippen MR) is 67.0 cm³/mol. The van der Waals surface area contributed by atoms with Crippen molar-refractivity contribution < 1.29 is 18.3 Å². The van der Waals surface area contributed by atoms with Crippen molar-refractivity contribution in [1.82, 2.24) is 4.98 Å². The molecule has 1 aromatic rings. The number of halogens is 3. The quantitative estimate of drug-likeness (QED) is 0.616. The average Bonchev–Trinajstić information content (AvgIpc) is 2.24. The lowest BCUT2D eigenvalue weighted by atomic mass is 10.1. The maximum atomic E-state index is 12.6. The van der Waals surface area contributed by atoms with E-state index in [1.165, 1.54) is 6.20 Å². The largest absolute Gasteiger partial charge is 0.466 e. The number of pyridine rings is 1. The molecule has 0 aliphatic heterocycles. The zero-order valence-corrected chi connectivity index (χ0v) is 11.6. The van der Waals surface area contributed by atoms with Gasteiger partial charge in [-0.25, -0.2) is 8.78 Å². The number of rotatable bonds is 4. The molecule has 0 aliphatic carbocycles. The van der Waals surface area contributed by atoms with Crippen molar-refractivity contribution in [3.63, 3.8) is 0 Å². The third-order valence-electron chi connectivity index (χ3n) is 2.20. The van der Waals surface area contributed by atoms with Gasteiger partial charge in [-0.05, 0) is 47.6 Å². The molecule has 1 rings (SSSR count). The van der Waals surface area contributed by atoms with Crippen molar-refractivity contribution in [3.05, 3.63) is 26.6 Å². The Hall–Kier alpha value is -0.790. The summed E-state index contributed by atoms with van der Waals surface area (Å²) in [7, 11) is 0. The standard InChI is InChI=1S/C11H12F2INO2/c1-3-17-8(16)4-7-6(2)5-15-10(9(7)14)11(12)13/h5,11H,3-4H2,1-2H3. The molecule has 17 heavy (non-hydrogen) atoms. The Bertz CT molecular complexity index is 424. The first-order valence-corrected chi connectivity index (χ1v) is 6.12. The molecule has 0 spiro atoms. The van der Waals surface area contributed by atoms with Gasteiger partial charge in [0.05, 0.1) is 13.0 Å². The van der Waals surface area contributed by atoms with Crippen LogP contribution in [0.4, 0.5) is 8.78 Å². The van der Waals surface area contributed by atoms with Crippen LogP contribution in [0.25, 0.3) is 0 Å². The van der Waals surface area contributed by atoms with Crippen LogP contribution in [-0.2, 0) is 16.0 Å². The summed E-state index contributed by atoms with van der Waals surface area (Å²) >= 11 is 1.79. The number of hydrogen-bond acceptors (Lipinski definition) is 3. The maximum absolute atomic E-state index is 12.6. The Balaban J connectivity index is 3.05. The van der Waals surface area contributed by atoms with Crippen LogP contribution >= 0.6 is 22.6 Å². The molecule has 0 N–H and O–H groups in total. The lowest BCUT2D eigenvalue weighted by molar-refractivity contribution is -0.142. The molecule has 0 atom stereocenters. The van der Waals surface area contributed by atoms with Crippen LogP contribution in [0.5, 0.6) is 0 Å². The number of alkyl halides is 2. The van der Waals surface area contributed by atoms with Crippen molar-refractivity contribution >= 4 is 28.6 Å². The molecular formula is C11H12F2INO2. The Labute approximate surface area is 112 Å². The van der Waals surface area contributed by atoms with Crippen LogP contribution in [0.2, 0.25) is 0 Å². The lowest BCUT2D eigenvalue weighted by Gasteiger charge is -2.11. The number of carbonyl (C=O) groups is 1. The molecule has 0 unspecified atom stereocenters. The van der Waals surface area contributed by atoms with Crippen LogP contribution in [0.3, 0.4) is 0 Å². The molecule has 1 aromatic heterocycles. The van der Waals surface area contributed by atoms with Gasteiger partial charge >= 0.3 is 5.97 Å². The number of aromatic nitrogens is 1. The smallest absolute Gasteiger partial charge is 0.310 e. The van der Waals surface area contributed by atoms with Gasteiger partial charge in [-0.1, -0.05) is 0 Å². The lowest BCUT2D eigenvalue weighted by Crippen LogP contribution is -2.12. The minimum atomic E-state index is -2.64. The normalized spacial score (nSPS) is 10.7. The SMILES string of the molecule is CCOC(=O)Cc1c(C)cnc(C(F)F)c1I. The van der Waals surface area contributed by atoms with Crippen LogP contribution in [0.1, 0.15) is 30.2 Å². The van der Waals surface area contributed by atoms with Gasteiger partial charge in [0.2, 0.25) is 0 Å². The molecule has 94 valence electrons. The zero-order chi connectivity index (χ0) is 13.0. The third kappa shape index (κ3) is 3.58. The molecule has 1 heterocycles. The molecule has 0 saturated carbocycles. The fourth-order valence-electron chi connectivity index (χ4n) is 1.35. The van der Waals surface area contributed by atoms with E-state index in [0.717, 1.165) is 0 Å². The van der Waals surface area contributed by atoms with Gasteiger partial charge in [0.1, 0.15) is 5.69 Å². The molecule has 0 fully saturated rings. The molecule has 0 amide bonds. The van der Waals surface area contributed by atoms with E-state index in [2.05, 4.69) is 4.98 Å². The van der Waals surface area contributed by atoms with E-state index in [-0.39, 0.29) is 18.7 Å². The number of hydrogen-bond donors (Lipinski definition) is 0. The van der Waals surface area contributed by atoms with E-state index in [9.17, 15) is 13.6 Å². The molecular weight excluding hydrogens is 343 g/mol. The van der Waals surface area contributed by atoms with Crippen molar-refractivity contribution in [3.8, 4) is 0 Å². The molecule has 0 radical (unpaired) electrons. The van der Waals surface area contributed by atoms with Gasteiger partial charge < -0.3 is 4.74 Å². The van der Waals surface area contributed by atoms with Crippen molar-refractivity contribution in [1.29, 1.82) is 0 Å². The van der Waals surface area contributed by atoms with E-state index < -0.39 is 12.4 Å². The number of aryl methyl sites for hydroxylation is 1. The summed E-state index contributed by atoms with van der Waals surface area (Å²) in [5, 5.41) is 0. The fourth-order valence-corrected chi connectivity index (χ4v) is 2.34. The van der Waals surface area contributed by atoms with Crippen molar-refractivity contribution in [2.75, 3.05) is 6.61 Å². The van der Waals surface area contributed by atoms with Crippen LogP contribution < -0.4 is 0 Å².